The van der Waals surface area contributed by atoms with Crippen LogP contribution in [0.25, 0.3) is 0 Å². The number of aliphatic carboxylic acids is 2. The molecule has 0 saturated carbocycles. The van der Waals surface area contributed by atoms with Gasteiger partial charge in [-0.3, -0.25) is 0 Å². The first-order chi connectivity index (χ1) is 12.9. The molecule has 0 radical (unpaired) electrons. The van der Waals surface area contributed by atoms with Gasteiger partial charge in [-0.1, -0.05) is 24.3 Å². The number of carboxylic acids is 2. The lowest BCUT2D eigenvalue weighted by atomic mass is 10.2. The Morgan fingerprint density at radius 1 is 0.778 bits per heavy atom. The molecule has 0 unspecified atom stereocenters. The molecule has 0 aliphatic rings. The molecule has 2 rings (SSSR count). The average molecular weight is 373 g/mol. The molecule has 0 amide bonds. The number of nitrogens with one attached hydrogen (secondary N) is 1. The van der Waals surface area contributed by atoms with Crippen molar-refractivity contribution in [1.29, 1.82) is 0 Å². The number of benzene rings is 2. The fourth-order valence-corrected chi connectivity index (χ4v) is 1.98. The minimum absolute atomic E-state index is 0.558. The Bertz CT molecular complexity index is 675. The van der Waals surface area contributed by atoms with Crippen LogP contribution in [0.1, 0.15) is 11.1 Å². The van der Waals surface area contributed by atoms with Crippen molar-refractivity contribution in [3.63, 3.8) is 0 Å². The molecule has 0 aliphatic carbocycles. The standard InChI is InChI=1S/C16H19NO2.C4H4O4/c1-18-15-7-3-13(4-8-15)11-17-12-14-5-9-16(19-2)10-6-14;5-3(6)1-2-4(7)8/h3-10,17H,11-12H2,1-2H3;1-2H,(H,5,6)(H,7,8). The SMILES string of the molecule is COc1ccc(CNCc2ccc(OC)cc2)cc1.O=C(O)C=CC(=O)O. The van der Waals surface area contributed by atoms with Crippen LogP contribution in [-0.4, -0.2) is 36.4 Å². The van der Waals surface area contributed by atoms with Crippen LogP contribution in [0.3, 0.4) is 0 Å². The Balaban J connectivity index is 0.000000387. The summed E-state index contributed by atoms with van der Waals surface area (Å²) in [5.74, 6) is -0.738. The Hall–Kier alpha value is -3.32. The molecule has 7 heteroatoms. The maximum atomic E-state index is 9.55. The van der Waals surface area contributed by atoms with Crippen LogP contribution in [-0.2, 0) is 22.7 Å². The van der Waals surface area contributed by atoms with Crippen LogP contribution in [0.4, 0.5) is 0 Å². The molecule has 0 aliphatic heterocycles. The minimum Gasteiger partial charge on any atom is -0.497 e. The van der Waals surface area contributed by atoms with Gasteiger partial charge in [0.2, 0.25) is 0 Å². The molecule has 7 nitrogen and oxygen atoms in total. The first-order valence-corrected chi connectivity index (χ1v) is 8.05. The molecule has 0 heterocycles. The second kappa shape index (κ2) is 12.1. The van der Waals surface area contributed by atoms with E-state index < -0.39 is 11.9 Å². The molecule has 27 heavy (non-hydrogen) atoms. The molecule has 0 fully saturated rings. The fraction of sp³-hybridized carbons (Fsp3) is 0.200. The van der Waals surface area contributed by atoms with Crippen molar-refractivity contribution in [3.05, 3.63) is 71.8 Å². The summed E-state index contributed by atoms with van der Waals surface area (Å²) in [4.78, 5) is 19.1. The van der Waals surface area contributed by atoms with E-state index in [0.29, 0.717) is 12.2 Å². The van der Waals surface area contributed by atoms with Crippen LogP contribution in [0.2, 0.25) is 0 Å². The van der Waals surface area contributed by atoms with E-state index in [2.05, 4.69) is 29.6 Å². The number of hydrogen-bond acceptors (Lipinski definition) is 5. The summed E-state index contributed by atoms with van der Waals surface area (Å²) in [5.41, 5.74) is 2.49. The monoisotopic (exact) mass is 373 g/mol. The summed E-state index contributed by atoms with van der Waals surface area (Å²) in [6, 6.07) is 16.2. The van der Waals surface area contributed by atoms with E-state index in [0.717, 1.165) is 24.6 Å². The van der Waals surface area contributed by atoms with Crippen molar-refractivity contribution >= 4 is 11.9 Å². The van der Waals surface area contributed by atoms with Crippen LogP contribution >= 0.6 is 0 Å². The third kappa shape index (κ3) is 9.66. The summed E-state index contributed by atoms with van der Waals surface area (Å²) < 4.78 is 10.3. The summed E-state index contributed by atoms with van der Waals surface area (Å²) >= 11 is 0. The molecule has 3 N–H and O–H groups in total. The second-order valence-electron chi connectivity index (χ2n) is 5.31. The maximum Gasteiger partial charge on any atom is 0.328 e. The average Bonchev–Trinajstić information content (AvgIpc) is 2.68. The molecule has 0 bridgehead atoms. The zero-order chi connectivity index (χ0) is 20.1. The van der Waals surface area contributed by atoms with Gasteiger partial charge in [-0.05, 0) is 35.4 Å². The van der Waals surface area contributed by atoms with Gasteiger partial charge < -0.3 is 25.0 Å². The zero-order valence-electron chi connectivity index (χ0n) is 15.2. The minimum atomic E-state index is -1.26. The quantitative estimate of drug-likeness (QED) is 0.611. The second-order valence-corrected chi connectivity index (χ2v) is 5.31. The van der Waals surface area contributed by atoms with Crippen LogP contribution in [0, 0.1) is 0 Å². The highest BCUT2D eigenvalue weighted by Gasteiger charge is 1.96. The highest BCUT2D eigenvalue weighted by molar-refractivity contribution is 5.89. The van der Waals surface area contributed by atoms with E-state index in [1.807, 2.05) is 24.3 Å². The normalized spacial score (nSPS) is 10.0. The van der Waals surface area contributed by atoms with Gasteiger partial charge in [-0.2, -0.15) is 0 Å². The fourth-order valence-electron chi connectivity index (χ4n) is 1.98. The van der Waals surface area contributed by atoms with Gasteiger partial charge in [0.25, 0.3) is 0 Å². The zero-order valence-corrected chi connectivity index (χ0v) is 15.2. The van der Waals surface area contributed by atoms with Gasteiger partial charge in [0.15, 0.2) is 0 Å². The highest BCUT2D eigenvalue weighted by Crippen LogP contribution is 2.12. The molecular weight excluding hydrogens is 350 g/mol. The van der Waals surface area contributed by atoms with Gasteiger partial charge in [-0.25, -0.2) is 9.59 Å². The Kier molecular flexibility index (Phi) is 9.74. The molecule has 0 atom stereocenters. The lowest BCUT2D eigenvalue weighted by Gasteiger charge is -2.07. The number of rotatable bonds is 8. The maximum absolute atomic E-state index is 9.55. The van der Waals surface area contributed by atoms with Gasteiger partial charge in [0.1, 0.15) is 11.5 Å². The van der Waals surface area contributed by atoms with Crippen LogP contribution < -0.4 is 14.8 Å². The first-order valence-electron chi connectivity index (χ1n) is 8.05. The number of hydrogen-bond donors (Lipinski definition) is 3. The topological polar surface area (TPSA) is 105 Å². The Morgan fingerprint density at radius 3 is 1.37 bits per heavy atom. The van der Waals surface area contributed by atoms with E-state index in [1.165, 1.54) is 11.1 Å². The van der Waals surface area contributed by atoms with Crippen molar-refractivity contribution < 1.29 is 29.3 Å². The predicted molar refractivity (Wildman–Crippen MR) is 101 cm³/mol. The smallest absolute Gasteiger partial charge is 0.328 e. The molecule has 2 aromatic carbocycles. The number of methoxy groups -OCH3 is 2. The van der Waals surface area contributed by atoms with E-state index in [4.69, 9.17) is 19.7 Å². The summed E-state index contributed by atoms with van der Waals surface area (Å²) in [6.45, 7) is 1.69. The number of carboxylic acid groups (broad SMARTS) is 2. The largest absolute Gasteiger partial charge is 0.497 e. The summed E-state index contributed by atoms with van der Waals surface area (Å²) in [7, 11) is 3.36. The van der Waals surface area contributed by atoms with Gasteiger partial charge >= 0.3 is 11.9 Å². The molecule has 2 aromatic rings. The number of ether oxygens (including phenoxy) is 2. The third-order valence-electron chi connectivity index (χ3n) is 3.34. The van der Waals surface area contributed by atoms with Gasteiger partial charge in [0, 0.05) is 25.2 Å². The van der Waals surface area contributed by atoms with E-state index >= 15 is 0 Å². The van der Waals surface area contributed by atoms with E-state index in [9.17, 15) is 9.59 Å². The lowest BCUT2D eigenvalue weighted by Crippen LogP contribution is -2.12. The predicted octanol–water partition coefficient (Wildman–Crippen LogP) is 2.71. The summed E-state index contributed by atoms with van der Waals surface area (Å²) in [5, 5.41) is 19.0. The number of carbonyl (C=O) groups is 2. The van der Waals surface area contributed by atoms with Crippen molar-refractivity contribution in [3.8, 4) is 11.5 Å². The van der Waals surface area contributed by atoms with Gasteiger partial charge in [-0.15, -0.1) is 0 Å². The molecule has 0 spiro atoms. The lowest BCUT2D eigenvalue weighted by molar-refractivity contribution is -0.134. The highest BCUT2D eigenvalue weighted by atomic mass is 16.5. The van der Waals surface area contributed by atoms with Crippen molar-refractivity contribution in [2.75, 3.05) is 14.2 Å². The Labute approximate surface area is 157 Å². The van der Waals surface area contributed by atoms with Crippen molar-refractivity contribution in [2.45, 2.75) is 13.1 Å². The molecular formula is C20H23NO6. The van der Waals surface area contributed by atoms with Crippen molar-refractivity contribution in [2.24, 2.45) is 0 Å². The van der Waals surface area contributed by atoms with Gasteiger partial charge in [0.05, 0.1) is 14.2 Å². The molecule has 144 valence electrons. The summed E-state index contributed by atoms with van der Waals surface area (Å²) in [6.07, 6.45) is 1.12. The van der Waals surface area contributed by atoms with Crippen LogP contribution in [0.15, 0.2) is 60.7 Å². The first kappa shape index (κ1) is 21.7. The molecule has 0 saturated heterocycles. The van der Waals surface area contributed by atoms with Crippen LogP contribution in [0.5, 0.6) is 11.5 Å². The Morgan fingerprint density at radius 2 is 1.11 bits per heavy atom. The third-order valence-corrected chi connectivity index (χ3v) is 3.34. The van der Waals surface area contributed by atoms with Crippen molar-refractivity contribution in [1.82, 2.24) is 5.32 Å². The van der Waals surface area contributed by atoms with E-state index in [1.54, 1.807) is 14.2 Å². The molecule has 0 aromatic heterocycles. The van der Waals surface area contributed by atoms with E-state index in [-0.39, 0.29) is 0 Å².